The minimum absolute atomic E-state index is 0.0883. The van der Waals surface area contributed by atoms with E-state index in [4.69, 9.17) is 5.73 Å². The number of nitrogens with zero attached hydrogens (tertiary/aromatic N) is 4. The van der Waals surface area contributed by atoms with Crippen molar-refractivity contribution in [2.75, 3.05) is 12.8 Å². The highest BCUT2D eigenvalue weighted by atomic mass is 15.9. The van der Waals surface area contributed by atoms with Gasteiger partial charge < -0.3 is 5.73 Å². The molecule has 2 rings (SSSR count). The lowest BCUT2D eigenvalue weighted by molar-refractivity contribution is 0.366. The second-order valence-electron chi connectivity index (χ2n) is 2.94. The SMILES string of the molecule is C[N+]1(c2cccc(N)c2)N=CN=N1. The van der Waals surface area contributed by atoms with Crippen LogP contribution in [-0.2, 0) is 0 Å². The smallest absolute Gasteiger partial charge is 0.202 e. The van der Waals surface area contributed by atoms with Crippen LogP contribution in [-0.4, -0.2) is 13.4 Å². The Morgan fingerprint density at radius 3 is 2.85 bits per heavy atom. The van der Waals surface area contributed by atoms with Crippen molar-refractivity contribution in [2.45, 2.75) is 0 Å². The molecule has 0 spiro atoms. The third-order valence-electron chi connectivity index (χ3n) is 1.91. The normalized spacial score (nSPS) is 25.3. The van der Waals surface area contributed by atoms with Gasteiger partial charge in [0.1, 0.15) is 7.05 Å². The Kier molecular flexibility index (Phi) is 1.60. The number of quaternary nitrogens is 1. The first kappa shape index (κ1) is 7.88. The summed E-state index contributed by atoms with van der Waals surface area (Å²) < 4.78 is 0.0883. The van der Waals surface area contributed by atoms with Crippen LogP contribution in [0, 0.1) is 0 Å². The zero-order chi connectivity index (χ0) is 9.31. The van der Waals surface area contributed by atoms with Crippen molar-refractivity contribution < 1.29 is 0 Å². The predicted molar refractivity (Wildman–Crippen MR) is 51.9 cm³/mol. The second-order valence-corrected chi connectivity index (χ2v) is 2.94. The molecule has 5 nitrogen and oxygen atoms in total. The Morgan fingerprint density at radius 2 is 2.23 bits per heavy atom. The van der Waals surface area contributed by atoms with Crippen LogP contribution in [0.15, 0.2) is 39.7 Å². The standard InChI is InChI=1S/C8H10N5/c1-13(11-6-10-12-13)8-4-2-3-7(9)5-8/h2-6H,9H2,1H3/q+1. The van der Waals surface area contributed by atoms with Crippen molar-refractivity contribution in [3.05, 3.63) is 24.3 Å². The van der Waals surface area contributed by atoms with Crippen LogP contribution < -0.4 is 10.4 Å². The van der Waals surface area contributed by atoms with E-state index in [0.717, 1.165) is 5.69 Å². The molecule has 1 unspecified atom stereocenters. The van der Waals surface area contributed by atoms with Crippen molar-refractivity contribution in [1.29, 1.82) is 0 Å². The van der Waals surface area contributed by atoms with Gasteiger partial charge in [0.25, 0.3) is 0 Å². The summed E-state index contributed by atoms with van der Waals surface area (Å²) in [5, 5.41) is 11.8. The van der Waals surface area contributed by atoms with Crippen LogP contribution in [0.1, 0.15) is 0 Å². The summed E-state index contributed by atoms with van der Waals surface area (Å²) in [6.45, 7) is 0. The molecule has 1 heterocycles. The van der Waals surface area contributed by atoms with Crippen LogP contribution in [0.5, 0.6) is 0 Å². The van der Waals surface area contributed by atoms with Gasteiger partial charge in [-0.3, -0.25) is 0 Å². The summed E-state index contributed by atoms with van der Waals surface area (Å²) in [7, 11) is 1.84. The summed E-state index contributed by atoms with van der Waals surface area (Å²) in [6.07, 6.45) is 1.43. The molecule has 0 saturated heterocycles. The lowest BCUT2D eigenvalue weighted by Gasteiger charge is -2.14. The van der Waals surface area contributed by atoms with E-state index < -0.39 is 0 Å². The fraction of sp³-hybridized carbons (Fsp3) is 0.125. The number of nitrogens with two attached hydrogens (primary N) is 1. The van der Waals surface area contributed by atoms with Gasteiger partial charge in [-0.05, 0) is 15.9 Å². The zero-order valence-electron chi connectivity index (χ0n) is 7.25. The molecule has 66 valence electrons. The molecule has 0 saturated carbocycles. The van der Waals surface area contributed by atoms with Crippen molar-refractivity contribution in [3.63, 3.8) is 0 Å². The molecule has 1 atom stereocenters. The summed E-state index contributed by atoms with van der Waals surface area (Å²) in [4.78, 5) is 0. The molecule has 1 aliphatic rings. The van der Waals surface area contributed by atoms with E-state index in [1.165, 1.54) is 6.34 Å². The van der Waals surface area contributed by atoms with Crippen LogP contribution in [0.3, 0.4) is 0 Å². The van der Waals surface area contributed by atoms with Gasteiger partial charge in [0.05, 0.1) is 5.22 Å². The molecule has 0 fully saturated rings. The van der Waals surface area contributed by atoms with E-state index in [1.807, 2.05) is 31.3 Å². The predicted octanol–water partition coefficient (Wildman–Crippen LogP) is 1.53. The van der Waals surface area contributed by atoms with Crippen molar-refractivity contribution in [2.24, 2.45) is 15.4 Å². The largest absolute Gasteiger partial charge is 0.399 e. The minimum atomic E-state index is 0.0883. The average Bonchev–Trinajstić information content (AvgIpc) is 2.54. The monoisotopic (exact) mass is 176 g/mol. The van der Waals surface area contributed by atoms with E-state index in [0.29, 0.717) is 5.69 Å². The average molecular weight is 176 g/mol. The van der Waals surface area contributed by atoms with E-state index in [9.17, 15) is 0 Å². The number of rotatable bonds is 1. The lowest BCUT2D eigenvalue weighted by Crippen LogP contribution is -2.29. The van der Waals surface area contributed by atoms with Gasteiger partial charge in [-0.15, -0.1) is 0 Å². The van der Waals surface area contributed by atoms with Gasteiger partial charge in [0.2, 0.25) is 6.34 Å². The first-order valence-corrected chi connectivity index (χ1v) is 3.90. The van der Waals surface area contributed by atoms with E-state index in [-0.39, 0.29) is 4.70 Å². The van der Waals surface area contributed by atoms with Crippen molar-refractivity contribution in [1.82, 2.24) is 4.70 Å². The van der Waals surface area contributed by atoms with Gasteiger partial charge in [-0.2, -0.15) is 0 Å². The Morgan fingerprint density at radius 1 is 1.38 bits per heavy atom. The van der Waals surface area contributed by atoms with Gasteiger partial charge in [0.15, 0.2) is 5.69 Å². The molecular weight excluding hydrogens is 166 g/mol. The third kappa shape index (κ3) is 1.29. The molecular formula is C8H10N5+. The number of nitrogen functional groups attached to an aromatic ring is 1. The Hall–Kier alpha value is -1.75. The van der Waals surface area contributed by atoms with Crippen LogP contribution >= 0.6 is 0 Å². The summed E-state index contributed by atoms with van der Waals surface area (Å²) in [5.74, 6) is 0. The second kappa shape index (κ2) is 2.63. The quantitative estimate of drug-likeness (QED) is 0.511. The first-order chi connectivity index (χ1) is 6.21. The van der Waals surface area contributed by atoms with E-state index >= 15 is 0 Å². The molecule has 2 N–H and O–H groups in total. The van der Waals surface area contributed by atoms with Gasteiger partial charge >= 0.3 is 0 Å². The molecule has 0 aromatic heterocycles. The highest BCUT2D eigenvalue weighted by Gasteiger charge is 2.28. The zero-order valence-corrected chi connectivity index (χ0v) is 7.25. The molecule has 0 amide bonds. The molecule has 1 aromatic rings. The van der Waals surface area contributed by atoms with Gasteiger partial charge in [0, 0.05) is 17.8 Å². The lowest BCUT2D eigenvalue weighted by atomic mass is 10.3. The molecule has 0 radical (unpaired) electrons. The fourth-order valence-corrected chi connectivity index (χ4v) is 1.18. The number of hydrogen-bond acceptors (Lipinski definition) is 4. The molecule has 1 aromatic carbocycles. The molecule has 0 bridgehead atoms. The number of hydrogen-bond donors (Lipinski definition) is 1. The highest BCUT2D eigenvalue weighted by Crippen LogP contribution is 2.26. The number of anilines is 1. The molecule has 13 heavy (non-hydrogen) atoms. The number of benzene rings is 1. The highest BCUT2D eigenvalue weighted by molar-refractivity contribution is 5.60. The summed E-state index contributed by atoms with van der Waals surface area (Å²) in [6, 6.07) is 7.45. The third-order valence-corrected chi connectivity index (χ3v) is 1.91. The fourth-order valence-electron chi connectivity index (χ4n) is 1.18. The maximum Gasteiger partial charge on any atom is 0.202 e. The van der Waals surface area contributed by atoms with E-state index in [2.05, 4.69) is 15.4 Å². The topological polar surface area (TPSA) is 63.1 Å². The Labute approximate surface area is 75.7 Å². The summed E-state index contributed by atoms with van der Waals surface area (Å²) in [5.41, 5.74) is 7.25. The van der Waals surface area contributed by atoms with Crippen LogP contribution in [0.4, 0.5) is 11.4 Å². The van der Waals surface area contributed by atoms with E-state index in [1.54, 1.807) is 0 Å². The van der Waals surface area contributed by atoms with Crippen molar-refractivity contribution >= 4 is 17.7 Å². The van der Waals surface area contributed by atoms with Gasteiger partial charge in [-0.25, -0.2) is 0 Å². The van der Waals surface area contributed by atoms with Crippen LogP contribution in [0.2, 0.25) is 0 Å². The molecule has 5 heteroatoms. The van der Waals surface area contributed by atoms with Gasteiger partial charge in [-0.1, -0.05) is 11.2 Å². The first-order valence-electron chi connectivity index (χ1n) is 3.90. The molecule has 0 aliphatic carbocycles. The maximum atomic E-state index is 5.65. The molecule has 1 aliphatic heterocycles. The maximum absolute atomic E-state index is 5.65. The Balaban J connectivity index is 2.46. The van der Waals surface area contributed by atoms with Crippen LogP contribution in [0.25, 0.3) is 0 Å². The Bertz CT molecular complexity index is 370. The minimum Gasteiger partial charge on any atom is -0.399 e. The van der Waals surface area contributed by atoms with Crippen molar-refractivity contribution in [3.8, 4) is 0 Å². The summed E-state index contributed by atoms with van der Waals surface area (Å²) >= 11 is 0.